The number of nitrogens with two attached hydrogens (primary N) is 1. The molecule has 0 spiro atoms. The van der Waals surface area contributed by atoms with Gasteiger partial charge in [-0.3, -0.25) is 14.3 Å². The summed E-state index contributed by atoms with van der Waals surface area (Å²) in [5.74, 6) is 1.66. The topological polar surface area (TPSA) is 82.2 Å². The number of hydrogen-bond acceptors (Lipinski definition) is 5. The van der Waals surface area contributed by atoms with Gasteiger partial charge in [0.05, 0.1) is 12.9 Å². The molecule has 1 aliphatic carbocycles. The highest BCUT2D eigenvalue weighted by molar-refractivity contribution is 7.71. The van der Waals surface area contributed by atoms with Crippen molar-refractivity contribution in [3.05, 3.63) is 23.2 Å². The molecule has 3 rings (SSSR count). The molecule has 1 saturated carbocycles. The fourth-order valence-corrected chi connectivity index (χ4v) is 3.74. The van der Waals surface area contributed by atoms with E-state index in [1.165, 1.54) is 25.7 Å². The lowest BCUT2D eigenvalue weighted by atomic mass is 10.1. The van der Waals surface area contributed by atoms with Gasteiger partial charge in [-0.1, -0.05) is 12.8 Å². The Morgan fingerprint density at radius 1 is 1.48 bits per heavy atom. The molecule has 2 N–H and O–H groups in total. The molecule has 2 aromatic heterocycles. The van der Waals surface area contributed by atoms with Gasteiger partial charge < -0.3 is 10.2 Å². The molecular weight excluding hydrogens is 338 g/mol. The van der Waals surface area contributed by atoms with E-state index in [1.807, 2.05) is 16.7 Å². The van der Waals surface area contributed by atoms with Crippen molar-refractivity contribution in [2.24, 2.45) is 11.7 Å². The highest BCUT2D eigenvalue weighted by Crippen LogP contribution is 2.25. The van der Waals surface area contributed by atoms with Gasteiger partial charge >= 0.3 is 0 Å². The quantitative estimate of drug-likeness (QED) is 0.729. The van der Waals surface area contributed by atoms with Crippen LogP contribution < -0.4 is 5.73 Å². The Hall–Kier alpha value is -1.93. The van der Waals surface area contributed by atoms with Crippen LogP contribution in [0.5, 0.6) is 0 Å². The van der Waals surface area contributed by atoms with Crippen LogP contribution in [0.25, 0.3) is 11.6 Å². The van der Waals surface area contributed by atoms with Gasteiger partial charge in [-0.15, -0.1) is 5.10 Å². The van der Waals surface area contributed by atoms with E-state index in [1.54, 1.807) is 10.9 Å². The van der Waals surface area contributed by atoms with Gasteiger partial charge in [0, 0.05) is 19.5 Å². The third-order valence-electron chi connectivity index (χ3n) is 4.67. The third kappa shape index (κ3) is 4.38. The van der Waals surface area contributed by atoms with E-state index in [4.69, 9.17) is 22.4 Å². The average molecular weight is 363 g/mol. The van der Waals surface area contributed by atoms with Crippen molar-refractivity contribution in [3.8, 4) is 11.6 Å². The smallest absolute Gasteiger partial charge is 0.219 e. The summed E-state index contributed by atoms with van der Waals surface area (Å²) in [6.07, 6.45) is 7.10. The summed E-state index contributed by atoms with van der Waals surface area (Å²) < 4.78 is 9.67. The molecule has 2 heterocycles. The van der Waals surface area contributed by atoms with E-state index >= 15 is 0 Å². The molecule has 0 unspecified atom stereocenters. The number of primary amides is 1. The number of hydrogen-bond donors (Lipinski definition) is 1. The average Bonchev–Trinajstić information content (AvgIpc) is 3.29. The Morgan fingerprint density at radius 2 is 2.24 bits per heavy atom. The van der Waals surface area contributed by atoms with Crippen molar-refractivity contribution >= 4 is 18.1 Å². The zero-order valence-corrected chi connectivity index (χ0v) is 15.4. The van der Waals surface area contributed by atoms with Crippen LogP contribution in [-0.4, -0.2) is 38.7 Å². The molecule has 0 radical (unpaired) electrons. The summed E-state index contributed by atoms with van der Waals surface area (Å²) in [5, 5.41) is 4.63. The molecular formula is C17H25N5O2S. The summed E-state index contributed by atoms with van der Waals surface area (Å²) in [5.41, 5.74) is 5.29. The molecule has 0 aromatic carbocycles. The highest BCUT2D eigenvalue weighted by atomic mass is 32.1. The normalized spacial score (nSPS) is 15.3. The van der Waals surface area contributed by atoms with Crippen LogP contribution in [0.1, 0.15) is 32.1 Å². The molecule has 136 valence electrons. The maximum absolute atomic E-state index is 11.2. The molecule has 2 aromatic rings. The standard InChI is InChI=1S/C17H25N5O2S/c1-20(11-13-5-2-3-6-13)12-22-17(25)21(9-8-15(18)23)16(19-22)14-7-4-10-24-14/h4,7,10,13H,2-3,5-6,8-9,11-12H2,1H3,(H2,18,23). The number of furan rings is 1. The van der Waals surface area contributed by atoms with Gasteiger partial charge in [-0.2, -0.15) is 0 Å². The van der Waals surface area contributed by atoms with E-state index in [-0.39, 0.29) is 12.3 Å². The van der Waals surface area contributed by atoms with E-state index in [2.05, 4.69) is 17.0 Å². The molecule has 25 heavy (non-hydrogen) atoms. The Labute approximate surface area is 152 Å². The van der Waals surface area contributed by atoms with E-state index in [0.717, 1.165) is 12.5 Å². The van der Waals surface area contributed by atoms with Crippen LogP contribution in [0, 0.1) is 10.7 Å². The minimum atomic E-state index is -0.363. The Kier molecular flexibility index (Phi) is 5.70. The van der Waals surface area contributed by atoms with Gasteiger partial charge in [-0.25, -0.2) is 4.68 Å². The number of aromatic nitrogens is 3. The summed E-state index contributed by atoms with van der Waals surface area (Å²) in [4.78, 5) is 13.4. The molecule has 0 atom stereocenters. The number of carbonyl (C=O) groups excluding carboxylic acids is 1. The first-order valence-corrected chi connectivity index (χ1v) is 9.14. The van der Waals surface area contributed by atoms with Gasteiger partial charge in [0.2, 0.25) is 5.91 Å². The maximum Gasteiger partial charge on any atom is 0.219 e. The van der Waals surface area contributed by atoms with Crippen molar-refractivity contribution in [2.45, 2.75) is 45.3 Å². The highest BCUT2D eigenvalue weighted by Gasteiger charge is 2.19. The third-order valence-corrected chi connectivity index (χ3v) is 5.10. The van der Waals surface area contributed by atoms with Crippen molar-refractivity contribution in [3.63, 3.8) is 0 Å². The molecule has 1 amide bonds. The number of nitrogens with zero attached hydrogens (tertiary/aromatic N) is 4. The lowest BCUT2D eigenvalue weighted by Crippen LogP contribution is -2.27. The van der Waals surface area contributed by atoms with Crippen LogP contribution in [0.2, 0.25) is 0 Å². The van der Waals surface area contributed by atoms with Gasteiger partial charge in [-0.05, 0) is 50.2 Å². The Bertz CT molecular complexity index is 759. The van der Waals surface area contributed by atoms with Crippen LogP contribution in [0.4, 0.5) is 0 Å². The van der Waals surface area contributed by atoms with Crippen LogP contribution >= 0.6 is 12.2 Å². The second-order valence-corrected chi connectivity index (χ2v) is 7.15. The second-order valence-electron chi connectivity index (χ2n) is 6.78. The zero-order valence-electron chi connectivity index (χ0n) is 14.6. The second kappa shape index (κ2) is 7.97. The summed E-state index contributed by atoms with van der Waals surface area (Å²) >= 11 is 5.58. The molecule has 0 bridgehead atoms. The predicted octanol–water partition coefficient (Wildman–Crippen LogP) is 2.63. The molecule has 1 fully saturated rings. The number of carbonyl (C=O) groups is 1. The fraction of sp³-hybridized carbons (Fsp3) is 0.588. The Morgan fingerprint density at radius 3 is 2.88 bits per heavy atom. The molecule has 0 saturated heterocycles. The SMILES string of the molecule is CN(CC1CCCC1)Cn1nc(-c2ccco2)n(CCC(N)=O)c1=S. The zero-order chi connectivity index (χ0) is 17.8. The Balaban J connectivity index is 1.80. The summed E-state index contributed by atoms with van der Waals surface area (Å²) in [6.45, 7) is 2.06. The summed E-state index contributed by atoms with van der Waals surface area (Å²) in [7, 11) is 2.09. The van der Waals surface area contributed by atoms with Crippen LogP contribution in [0.15, 0.2) is 22.8 Å². The van der Waals surface area contributed by atoms with E-state index in [0.29, 0.717) is 29.6 Å². The lowest BCUT2D eigenvalue weighted by molar-refractivity contribution is -0.118. The minimum absolute atomic E-state index is 0.214. The van der Waals surface area contributed by atoms with Gasteiger partial charge in [0.25, 0.3) is 0 Å². The maximum atomic E-state index is 11.2. The monoisotopic (exact) mass is 363 g/mol. The molecule has 8 heteroatoms. The van der Waals surface area contributed by atoms with Crippen molar-refractivity contribution in [1.82, 2.24) is 19.2 Å². The number of rotatable bonds is 8. The first-order chi connectivity index (χ1) is 12.0. The number of amides is 1. The minimum Gasteiger partial charge on any atom is -0.461 e. The van der Waals surface area contributed by atoms with Gasteiger partial charge in [0.15, 0.2) is 16.4 Å². The van der Waals surface area contributed by atoms with E-state index < -0.39 is 0 Å². The molecule has 7 nitrogen and oxygen atoms in total. The first kappa shape index (κ1) is 17.9. The van der Waals surface area contributed by atoms with Crippen molar-refractivity contribution < 1.29 is 9.21 Å². The summed E-state index contributed by atoms with van der Waals surface area (Å²) in [6, 6.07) is 3.65. The fourth-order valence-electron chi connectivity index (χ4n) is 3.46. The first-order valence-electron chi connectivity index (χ1n) is 8.73. The molecule has 1 aliphatic rings. The van der Waals surface area contributed by atoms with Gasteiger partial charge in [0.1, 0.15) is 0 Å². The largest absolute Gasteiger partial charge is 0.461 e. The van der Waals surface area contributed by atoms with Crippen LogP contribution in [0.3, 0.4) is 0 Å². The van der Waals surface area contributed by atoms with Crippen molar-refractivity contribution in [1.29, 1.82) is 0 Å². The predicted molar refractivity (Wildman–Crippen MR) is 97.2 cm³/mol. The van der Waals surface area contributed by atoms with Crippen LogP contribution in [-0.2, 0) is 18.0 Å². The lowest BCUT2D eigenvalue weighted by Gasteiger charge is -2.20. The molecule has 0 aliphatic heterocycles. The van der Waals surface area contributed by atoms with Crippen molar-refractivity contribution in [2.75, 3.05) is 13.6 Å². The van der Waals surface area contributed by atoms with E-state index in [9.17, 15) is 4.79 Å².